The number of methoxy groups -OCH3 is 1. The van der Waals surface area contributed by atoms with E-state index in [1.54, 1.807) is 7.11 Å². The van der Waals surface area contributed by atoms with Crippen LogP contribution in [0.1, 0.15) is 44.7 Å². The van der Waals surface area contributed by atoms with Crippen LogP contribution in [0.4, 0.5) is 0 Å². The maximum absolute atomic E-state index is 6.02. The largest absolute Gasteiger partial charge is 0.496 e. The Hall–Kier alpha value is -1.26. The molecule has 1 fully saturated rings. The van der Waals surface area contributed by atoms with Crippen molar-refractivity contribution in [2.45, 2.75) is 45.3 Å². The van der Waals surface area contributed by atoms with E-state index in [2.05, 4.69) is 19.2 Å². The fourth-order valence-corrected chi connectivity index (χ4v) is 2.68. The highest BCUT2D eigenvalue weighted by Gasteiger charge is 2.20. The van der Waals surface area contributed by atoms with E-state index in [0.29, 0.717) is 6.61 Å². The first-order valence-electron chi connectivity index (χ1n) is 7.91. The molecule has 4 nitrogen and oxygen atoms in total. The number of benzene rings is 1. The number of hydrogen-bond donors (Lipinski definition) is 1. The van der Waals surface area contributed by atoms with Gasteiger partial charge in [-0.05, 0) is 44.9 Å². The van der Waals surface area contributed by atoms with E-state index in [0.717, 1.165) is 49.5 Å². The van der Waals surface area contributed by atoms with Crippen LogP contribution in [0, 0.1) is 0 Å². The monoisotopic (exact) mass is 293 g/mol. The average molecular weight is 293 g/mol. The smallest absolute Gasteiger partial charge is 0.127 e. The van der Waals surface area contributed by atoms with Crippen molar-refractivity contribution in [1.82, 2.24) is 5.32 Å². The van der Waals surface area contributed by atoms with E-state index in [-0.39, 0.29) is 12.1 Å². The highest BCUT2D eigenvalue weighted by molar-refractivity contribution is 5.46. The van der Waals surface area contributed by atoms with Crippen LogP contribution in [0.3, 0.4) is 0 Å². The molecular formula is C17H27NO3. The molecule has 2 atom stereocenters. The molecule has 21 heavy (non-hydrogen) atoms. The molecule has 2 rings (SSSR count). The minimum atomic E-state index is 0.195. The van der Waals surface area contributed by atoms with Crippen LogP contribution in [-0.2, 0) is 4.74 Å². The molecule has 1 saturated heterocycles. The molecule has 0 amide bonds. The van der Waals surface area contributed by atoms with E-state index < -0.39 is 0 Å². The van der Waals surface area contributed by atoms with Crippen LogP contribution in [0.25, 0.3) is 0 Å². The number of nitrogens with one attached hydrogen (secondary N) is 1. The van der Waals surface area contributed by atoms with E-state index >= 15 is 0 Å². The standard InChI is InChI=1S/C17H27NO3/c1-4-10-18-13(2)17-15(19-3)8-5-9-16(17)21-12-14-7-6-11-20-14/h5,8-9,13-14,18H,4,6-7,10-12H2,1-3H3. The molecule has 0 aromatic heterocycles. The molecule has 118 valence electrons. The lowest BCUT2D eigenvalue weighted by Crippen LogP contribution is -2.22. The minimum Gasteiger partial charge on any atom is -0.496 e. The Labute approximate surface area is 127 Å². The molecule has 1 aromatic carbocycles. The molecule has 0 spiro atoms. The van der Waals surface area contributed by atoms with Crippen molar-refractivity contribution in [1.29, 1.82) is 0 Å². The third kappa shape index (κ3) is 4.35. The fourth-order valence-electron chi connectivity index (χ4n) is 2.68. The van der Waals surface area contributed by atoms with Crippen LogP contribution in [0.5, 0.6) is 11.5 Å². The molecule has 0 saturated carbocycles. The van der Waals surface area contributed by atoms with Gasteiger partial charge in [0.15, 0.2) is 0 Å². The van der Waals surface area contributed by atoms with Crippen molar-refractivity contribution in [2.24, 2.45) is 0 Å². The van der Waals surface area contributed by atoms with Gasteiger partial charge in [-0.1, -0.05) is 13.0 Å². The Balaban J connectivity index is 2.10. The molecule has 1 aliphatic rings. The van der Waals surface area contributed by atoms with Gasteiger partial charge in [-0.2, -0.15) is 0 Å². The van der Waals surface area contributed by atoms with Crippen molar-refractivity contribution in [3.05, 3.63) is 23.8 Å². The third-order valence-corrected chi connectivity index (χ3v) is 3.83. The van der Waals surface area contributed by atoms with Crippen LogP contribution in [-0.4, -0.2) is 33.0 Å². The van der Waals surface area contributed by atoms with Gasteiger partial charge in [0, 0.05) is 12.6 Å². The Morgan fingerprint density at radius 3 is 2.86 bits per heavy atom. The Morgan fingerprint density at radius 2 is 2.19 bits per heavy atom. The van der Waals surface area contributed by atoms with E-state index in [1.807, 2.05) is 18.2 Å². The second-order valence-corrected chi connectivity index (χ2v) is 5.49. The van der Waals surface area contributed by atoms with Gasteiger partial charge in [0.25, 0.3) is 0 Å². The highest BCUT2D eigenvalue weighted by atomic mass is 16.5. The lowest BCUT2D eigenvalue weighted by Gasteiger charge is -2.21. The summed E-state index contributed by atoms with van der Waals surface area (Å²) in [5.74, 6) is 1.76. The molecular weight excluding hydrogens is 266 g/mol. The lowest BCUT2D eigenvalue weighted by molar-refractivity contribution is 0.0673. The lowest BCUT2D eigenvalue weighted by atomic mass is 10.1. The summed E-state index contributed by atoms with van der Waals surface area (Å²) >= 11 is 0. The highest BCUT2D eigenvalue weighted by Crippen LogP contribution is 2.34. The topological polar surface area (TPSA) is 39.7 Å². The van der Waals surface area contributed by atoms with Crippen molar-refractivity contribution >= 4 is 0 Å². The van der Waals surface area contributed by atoms with Gasteiger partial charge in [-0.3, -0.25) is 0 Å². The van der Waals surface area contributed by atoms with E-state index in [9.17, 15) is 0 Å². The first-order chi connectivity index (χ1) is 10.3. The predicted molar refractivity (Wildman–Crippen MR) is 84.2 cm³/mol. The van der Waals surface area contributed by atoms with Gasteiger partial charge < -0.3 is 19.5 Å². The summed E-state index contributed by atoms with van der Waals surface area (Å²) < 4.78 is 17.2. The van der Waals surface area contributed by atoms with Gasteiger partial charge in [-0.25, -0.2) is 0 Å². The van der Waals surface area contributed by atoms with Crippen molar-refractivity contribution < 1.29 is 14.2 Å². The summed E-state index contributed by atoms with van der Waals surface area (Å²) in [7, 11) is 1.70. The maximum atomic E-state index is 6.02. The Kier molecular flexibility index (Phi) is 6.33. The van der Waals surface area contributed by atoms with Crippen molar-refractivity contribution in [2.75, 3.05) is 26.9 Å². The van der Waals surface area contributed by atoms with Gasteiger partial charge >= 0.3 is 0 Å². The van der Waals surface area contributed by atoms with Gasteiger partial charge in [-0.15, -0.1) is 0 Å². The van der Waals surface area contributed by atoms with E-state index in [1.165, 1.54) is 0 Å². The number of rotatable bonds is 8. The number of hydrogen-bond acceptors (Lipinski definition) is 4. The summed E-state index contributed by atoms with van der Waals surface area (Å²) in [5.41, 5.74) is 1.09. The Morgan fingerprint density at radius 1 is 1.38 bits per heavy atom. The Bertz CT molecular complexity index is 430. The minimum absolute atomic E-state index is 0.195. The molecule has 1 N–H and O–H groups in total. The molecule has 1 aliphatic heterocycles. The predicted octanol–water partition coefficient (Wildman–Crippen LogP) is 3.31. The molecule has 0 radical (unpaired) electrons. The quantitative estimate of drug-likeness (QED) is 0.798. The molecule has 0 aliphatic carbocycles. The summed E-state index contributed by atoms with van der Waals surface area (Å²) in [5, 5.41) is 3.50. The maximum Gasteiger partial charge on any atom is 0.127 e. The molecule has 1 heterocycles. The zero-order valence-electron chi connectivity index (χ0n) is 13.4. The second kappa shape index (κ2) is 8.25. The van der Waals surface area contributed by atoms with Crippen LogP contribution < -0.4 is 14.8 Å². The van der Waals surface area contributed by atoms with Crippen molar-refractivity contribution in [3.63, 3.8) is 0 Å². The van der Waals surface area contributed by atoms with Gasteiger partial charge in [0.05, 0.1) is 18.8 Å². The summed E-state index contributed by atoms with van der Waals surface area (Å²) in [4.78, 5) is 0. The zero-order valence-corrected chi connectivity index (χ0v) is 13.4. The normalized spacial score (nSPS) is 19.5. The average Bonchev–Trinajstić information content (AvgIpc) is 3.03. The SMILES string of the molecule is CCCNC(C)c1c(OC)cccc1OCC1CCCO1. The van der Waals surface area contributed by atoms with Crippen LogP contribution in [0.2, 0.25) is 0 Å². The third-order valence-electron chi connectivity index (χ3n) is 3.83. The first kappa shape index (κ1) is 16.1. The molecule has 4 heteroatoms. The van der Waals surface area contributed by atoms with Gasteiger partial charge in [0.2, 0.25) is 0 Å². The zero-order chi connectivity index (χ0) is 15.1. The van der Waals surface area contributed by atoms with Crippen LogP contribution in [0.15, 0.2) is 18.2 Å². The summed E-state index contributed by atoms with van der Waals surface area (Å²) in [6, 6.07) is 6.16. The summed E-state index contributed by atoms with van der Waals surface area (Å²) in [6.07, 6.45) is 3.55. The molecule has 1 aromatic rings. The number of ether oxygens (including phenoxy) is 3. The second-order valence-electron chi connectivity index (χ2n) is 5.49. The fraction of sp³-hybridized carbons (Fsp3) is 0.647. The van der Waals surface area contributed by atoms with Crippen molar-refractivity contribution in [3.8, 4) is 11.5 Å². The molecule has 0 bridgehead atoms. The first-order valence-corrected chi connectivity index (χ1v) is 7.91. The van der Waals surface area contributed by atoms with Crippen LogP contribution >= 0.6 is 0 Å². The van der Waals surface area contributed by atoms with Gasteiger partial charge in [0.1, 0.15) is 18.1 Å². The molecule has 2 unspecified atom stereocenters. The van der Waals surface area contributed by atoms with E-state index in [4.69, 9.17) is 14.2 Å². The summed E-state index contributed by atoms with van der Waals surface area (Å²) in [6.45, 7) is 6.75.